The molecule has 0 spiro atoms. The van der Waals surface area contributed by atoms with Gasteiger partial charge in [0.15, 0.2) is 5.43 Å². The average molecular weight is 337 g/mol. The van der Waals surface area contributed by atoms with Crippen LogP contribution in [0.3, 0.4) is 0 Å². The number of likely N-dealkylation sites (tertiary alicyclic amines) is 1. The number of aromatic nitrogens is 2. The average Bonchev–Trinajstić information content (AvgIpc) is 3.24. The van der Waals surface area contributed by atoms with E-state index < -0.39 is 0 Å². The zero-order valence-electron chi connectivity index (χ0n) is 14.7. The van der Waals surface area contributed by atoms with Gasteiger partial charge in [0, 0.05) is 41.2 Å². The van der Waals surface area contributed by atoms with Crippen LogP contribution in [0.15, 0.2) is 45.7 Å². The number of rotatable bonds is 4. The zero-order chi connectivity index (χ0) is 17.4. The van der Waals surface area contributed by atoms with Crippen molar-refractivity contribution < 1.29 is 4.52 Å². The van der Waals surface area contributed by atoms with Crippen LogP contribution in [-0.4, -0.2) is 21.6 Å². The van der Waals surface area contributed by atoms with Crippen molar-refractivity contribution in [3.63, 3.8) is 0 Å². The van der Waals surface area contributed by atoms with E-state index in [9.17, 15) is 4.79 Å². The first-order valence-electron chi connectivity index (χ1n) is 8.93. The van der Waals surface area contributed by atoms with Gasteiger partial charge in [0.05, 0.1) is 6.04 Å². The summed E-state index contributed by atoms with van der Waals surface area (Å²) in [6.07, 6.45) is 2.20. The van der Waals surface area contributed by atoms with Crippen LogP contribution in [0.5, 0.6) is 0 Å². The molecule has 0 amide bonds. The minimum atomic E-state index is 0.0728. The molecule has 1 N–H and O–H groups in total. The van der Waals surface area contributed by atoms with Crippen LogP contribution < -0.4 is 5.43 Å². The predicted molar refractivity (Wildman–Crippen MR) is 97.5 cm³/mol. The molecule has 25 heavy (non-hydrogen) atoms. The molecule has 1 fully saturated rings. The Balaban J connectivity index is 1.60. The fourth-order valence-electron chi connectivity index (χ4n) is 3.64. The lowest BCUT2D eigenvalue weighted by atomic mass is 10.1. The van der Waals surface area contributed by atoms with Gasteiger partial charge in [-0.2, -0.15) is 0 Å². The second-order valence-electron chi connectivity index (χ2n) is 7.14. The van der Waals surface area contributed by atoms with Crippen molar-refractivity contribution in [3.8, 4) is 0 Å². The van der Waals surface area contributed by atoms with Gasteiger partial charge in [-0.15, -0.1) is 0 Å². The monoisotopic (exact) mass is 337 g/mol. The lowest BCUT2D eigenvalue weighted by Gasteiger charge is -2.22. The van der Waals surface area contributed by atoms with Gasteiger partial charge in [-0.05, 0) is 31.5 Å². The number of fused-ring (bicyclic) bond motifs is 1. The highest BCUT2D eigenvalue weighted by atomic mass is 16.5. The highest BCUT2D eigenvalue weighted by Gasteiger charge is 2.29. The highest BCUT2D eigenvalue weighted by Crippen LogP contribution is 2.33. The maximum atomic E-state index is 12.3. The molecule has 1 aliphatic heterocycles. The normalized spacial score (nSPS) is 18.4. The van der Waals surface area contributed by atoms with E-state index in [0.717, 1.165) is 47.4 Å². The molecule has 1 aliphatic rings. The van der Waals surface area contributed by atoms with Crippen molar-refractivity contribution in [2.45, 2.75) is 45.2 Å². The van der Waals surface area contributed by atoms with E-state index in [4.69, 9.17) is 4.52 Å². The van der Waals surface area contributed by atoms with Gasteiger partial charge in [0.25, 0.3) is 0 Å². The Morgan fingerprint density at radius 1 is 1.32 bits per heavy atom. The molecule has 3 aromatic rings. The summed E-state index contributed by atoms with van der Waals surface area (Å²) in [7, 11) is 0. The number of nitrogens with zero attached hydrogens (tertiary/aromatic N) is 2. The summed E-state index contributed by atoms with van der Waals surface area (Å²) in [5.41, 5.74) is 2.92. The fourth-order valence-corrected chi connectivity index (χ4v) is 3.64. The maximum absolute atomic E-state index is 12.3. The molecule has 1 aromatic carbocycles. The molecular formula is C20H23N3O2. The van der Waals surface area contributed by atoms with Gasteiger partial charge in [-0.3, -0.25) is 9.69 Å². The van der Waals surface area contributed by atoms with E-state index in [1.54, 1.807) is 6.07 Å². The molecule has 0 radical (unpaired) electrons. The lowest BCUT2D eigenvalue weighted by molar-refractivity contribution is 0.233. The molecule has 5 heteroatoms. The molecule has 0 aliphatic carbocycles. The Morgan fingerprint density at radius 3 is 2.96 bits per heavy atom. The van der Waals surface area contributed by atoms with Gasteiger partial charge in [0.1, 0.15) is 11.5 Å². The first-order chi connectivity index (χ1) is 12.1. The molecule has 4 rings (SSSR count). The lowest BCUT2D eigenvalue weighted by Crippen LogP contribution is -2.24. The number of hydrogen-bond acceptors (Lipinski definition) is 4. The number of nitrogens with one attached hydrogen (secondary N) is 1. The summed E-state index contributed by atoms with van der Waals surface area (Å²) < 4.78 is 5.48. The van der Waals surface area contributed by atoms with Crippen molar-refractivity contribution in [1.82, 2.24) is 15.0 Å². The van der Waals surface area contributed by atoms with Crippen molar-refractivity contribution in [2.24, 2.45) is 0 Å². The molecule has 130 valence electrons. The van der Waals surface area contributed by atoms with E-state index in [1.807, 2.05) is 24.3 Å². The van der Waals surface area contributed by atoms with Crippen molar-refractivity contribution in [2.75, 3.05) is 6.54 Å². The van der Waals surface area contributed by atoms with E-state index in [2.05, 4.69) is 35.0 Å². The molecule has 3 heterocycles. The van der Waals surface area contributed by atoms with Crippen molar-refractivity contribution in [3.05, 3.63) is 63.8 Å². The van der Waals surface area contributed by atoms with Gasteiger partial charge in [-0.25, -0.2) is 0 Å². The van der Waals surface area contributed by atoms with Crippen molar-refractivity contribution in [1.29, 1.82) is 0 Å². The van der Waals surface area contributed by atoms with Crippen LogP contribution >= 0.6 is 0 Å². The quantitative estimate of drug-likeness (QED) is 0.782. The molecule has 0 saturated carbocycles. The topological polar surface area (TPSA) is 62.1 Å². The number of pyridine rings is 1. The standard InChI is InChI=1S/C20H23N3O2/c1-13(2)20-11-17(22-25-20)18-8-5-9-23(18)12-14-10-19(24)15-6-3-4-7-16(15)21-14/h3-4,6-7,10-11,13,18H,5,8-9,12H2,1-2H3,(H,21,24). The van der Waals surface area contributed by atoms with Crippen molar-refractivity contribution >= 4 is 10.9 Å². The van der Waals surface area contributed by atoms with Gasteiger partial charge in [-0.1, -0.05) is 31.1 Å². The highest BCUT2D eigenvalue weighted by molar-refractivity contribution is 5.78. The molecule has 1 unspecified atom stereocenters. The van der Waals surface area contributed by atoms with E-state index in [-0.39, 0.29) is 11.5 Å². The van der Waals surface area contributed by atoms with Gasteiger partial charge < -0.3 is 9.51 Å². The number of aromatic amines is 1. The maximum Gasteiger partial charge on any atom is 0.189 e. The van der Waals surface area contributed by atoms with Crippen LogP contribution in [0, 0.1) is 0 Å². The number of para-hydroxylation sites is 1. The Hall–Kier alpha value is -2.40. The SMILES string of the molecule is CC(C)c1cc(C2CCCN2Cc2cc(=O)c3ccccc3[nH]2)no1. The Bertz CT molecular complexity index is 941. The fraction of sp³-hybridized carbons (Fsp3) is 0.400. The zero-order valence-corrected chi connectivity index (χ0v) is 14.7. The predicted octanol–water partition coefficient (Wildman–Crippen LogP) is 3.98. The van der Waals surface area contributed by atoms with Gasteiger partial charge >= 0.3 is 0 Å². The minimum absolute atomic E-state index is 0.0728. The number of benzene rings is 1. The first kappa shape index (κ1) is 16.1. The second kappa shape index (κ2) is 6.48. The second-order valence-corrected chi connectivity index (χ2v) is 7.14. The molecular weight excluding hydrogens is 314 g/mol. The van der Waals surface area contributed by atoms with Crippen LogP contribution in [0.1, 0.15) is 55.8 Å². The largest absolute Gasteiger partial charge is 0.361 e. The summed E-state index contributed by atoms with van der Waals surface area (Å²) in [6, 6.07) is 11.7. The molecule has 5 nitrogen and oxygen atoms in total. The number of H-pyrrole nitrogens is 1. The third-order valence-corrected chi connectivity index (χ3v) is 4.99. The summed E-state index contributed by atoms with van der Waals surface area (Å²) in [5, 5.41) is 5.03. The van der Waals surface area contributed by atoms with Crippen LogP contribution in [-0.2, 0) is 6.54 Å². The van der Waals surface area contributed by atoms with E-state index >= 15 is 0 Å². The molecule has 1 saturated heterocycles. The molecule has 0 bridgehead atoms. The third-order valence-electron chi connectivity index (χ3n) is 4.99. The Kier molecular flexibility index (Phi) is 4.17. The number of hydrogen-bond donors (Lipinski definition) is 1. The van der Waals surface area contributed by atoms with Crippen LogP contribution in [0.4, 0.5) is 0 Å². The van der Waals surface area contributed by atoms with E-state index in [0.29, 0.717) is 12.5 Å². The molecule has 2 aromatic heterocycles. The summed E-state index contributed by atoms with van der Waals surface area (Å²) >= 11 is 0. The Morgan fingerprint density at radius 2 is 2.16 bits per heavy atom. The summed E-state index contributed by atoms with van der Waals surface area (Å²) in [4.78, 5) is 18.1. The summed E-state index contributed by atoms with van der Waals surface area (Å²) in [5.74, 6) is 1.27. The first-order valence-corrected chi connectivity index (χ1v) is 8.93. The minimum Gasteiger partial charge on any atom is -0.361 e. The third kappa shape index (κ3) is 3.12. The Labute approximate surface area is 146 Å². The smallest absolute Gasteiger partial charge is 0.189 e. The van der Waals surface area contributed by atoms with Crippen LogP contribution in [0.2, 0.25) is 0 Å². The summed E-state index contributed by atoms with van der Waals surface area (Å²) in [6.45, 7) is 5.94. The van der Waals surface area contributed by atoms with E-state index in [1.165, 1.54) is 0 Å². The van der Waals surface area contributed by atoms with Crippen LogP contribution in [0.25, 0.3) is 10.9 Å². The van der Waals surface area contributed by atoms with Gasteiger partial charge in [0.2, 0.25) is 0 Å². The molecule has 1 atom stereocenters.